The second-order valence-corrected chi connectivity index (χ2v) is 7.25. The average molecular weight is 345 g/mol. The lowest BCUT2D eigenvalue weighted by molar-refractivity contribution is 0.243. The van der Waals surface area contributed by atoms with Gasteiger partial charge in [0.25, 0.3) is 0 Å². The molecule has 3 heterocycles. The summed E-state index contributed by atoms with van der Waals surface area (Å²) in [5.41, 5.74) is 6.24. The number of aromatic amines is 1. The number of nitrogens with two attached hydrogens (primary N) is 1. The van der Waals surface area contributed by atoms with Crippen molar-refractivity contribution in [2.45, 2.75) is 36.6 Å². The molecule has 1 aliphatic rings. The van der Waals surface area contributed by atoms with Crippen LogP contribution in [-0.2, 0) is 10.0 Å². The molecule has 0 bridgehead atoms. The highest BCUT2D eigenvalue weighted by molar-refractivity contribution is 7.89. The largest absolute Gasteiger partial charge is 0.345 e. The van der Waals surface area contributed by atoms with E-state index in [2.05, 4.69) is 9.97 Å². The Bertz CT molecular complexity index is 729. The van der Waals surface area contributed by atoms with E-state index in [1.807, 2.05) is 0 Å². The van der Waals surface area contributed by atoms with Crippen molar-refractivity contribution >= 4 is 33.5 Å². The lowest BCUT2D eigenvalue weighted by Gasteiger charge is -2.34. The maximum Gasteiger partial charge on any atom is 0.245 e. The summed E-state index contributed by atoms with van der Waals surface area (Å²) < 4.78 is 27.6. The third-order valence-corrected chi connectivity index (χ3v) is 6.06. The van der Waals surface area contributed by atoms with Crippen molar-refractivity contribution in [2.75, 3.05) is 13.1 Å². The summed E-state index contributed by atoms with van der Waals surface area (Å²) in [7, 11) is -3.51. The molecule has 6 nitrogen and oxygen atoms in total. The van der Waals surface area contributed by atoms with Gasteiger partial charge in [-0.15, -0.1) is 12.4 Å². The van der Waals surface area contributed by atoms with Gasteiger partial charge in [0.2, 0.25) is 10.0 Å². The molecule has 1 atom stereocenters. The van der Waals surface area contributed by atoms with Gasteiger partial charge in [0.1, 0.15) is 10.5 Å². The van der Waals surface area contributed by atoms with Gasteiger partial charge in [-0.1, -0.05) is 6.42 Å². The summed E-state index contributed by atoms with van der Waals surface area (Å²) in [4.78, 5) is 7.41. The number of fused-ring (bicyclic) bond motifs is 1. The van der Waals surface area contributed by atoms with Gasteiger partial charge in [0.05, 0.1) is 0 Å². The molecule has 8 heteroatoms. The van der Waals surface area contributed by atoms with E-state index in [1.54, 1.807) is 28.8 Å². The molecular weight excluding hydrogens is 324 g/mol. The van der Waals surface area contributed by atoms with E-state index in [9.17, 15) is 8.42 Å². The summed E-state index contributed by atoms with van der Waals surface area (Å²) in [6, 6.07) is 3.55. The third kappa shape index (κ3) is 2.99. The highest BCUT2D eigenvalue weighted by Gasteiger charge is 2.34. The first-order chi connectivity index (χ1) is 10.1. The van der Waals surface area contributed by atoms with Crippen LogP contribution in [0.3, 0.4) is 0 Å². The Morgan fingerprint density at radius 3 is 3.00 bits per heavy atom. The van der Waals surface area contributed by atoms with Crippen molar-refractivity contribution in [1.82, 2.24) is 14.3 Å². The number of pyridine rings is 1. The van der Waals surface area contributed by atoms with Crippen LogP contribution in [0.4, 0.5) is 0 Å². The fraction of sp³-hybridized carbons (Fsp3) is 0.500. The van der Waals surface area contributed by atoms with E-state index in [1.165, 1.54) is 0 Å². The minimum atomic E-state index is -3.51. The van der Waals surface area contributed by atoms with Crippen LogP contribution in [-0.4, -0.2) is 41.8 Å². The second kappa shape index (κ2) is 6.95. The predicted molar refractivity (Wildman–Crippen MR) is 88.5 cm³/mol. The first-order valence-corrected chi connectivity index (χ1v) is 8.72. The van der Waals surface area contributed by atoms with E-state index in [4.69, 9.17) is 5.73 Å². The minimum absolute atomic E-state index is 0. The Morgan fingerprint density at radius 1 is 1.41 bits per heavy atom. The molecule has 0 aliphatic carbocycles. The molecule has 1 saturated heterocycles. The smallest absolute Gasteiger partial charge is 0.245 e. The van der Waals surface area contributed by atoms with Gasteiger partial charge < -0.3 is 10.7 Å². The maximum absolute atomic E-state index is 13.0. The summed E-state index contributed by atoms with van der Waals surface area (Å²) in [6.07, 6.45) is 6.75. The normalized spacial score (nSPS) is 20.0. The van der Waals surface area contributed by atoms with Crippen molar-refractivity contribution in [1.29, 1.82) is 0 Å². The molecule has 0 saturated carbocycles. The van der Waals surface area contributed by atoms with Crippen molar-refractivity contribution in [3.05, 3.63) is 24.5 Å². The quantitative estimate of drug-likeness (QED) is 0.885. The van der Waals surface area contributed by atoms with Gasteiger partial charge >= 0.3 is 0 Å². The number of sulfonamides is 1. The van der Waals surface area contributed by atoms with Gasteiger partial charge in [0.15, 0.2) is 0 Å². The number of H-pyrrole nitrogens is 1. The molecule has 0 radical (unpaired) electrons. The van der Waals surface area contributed by atoms with E-state index < -0.39 is 10.0 Å². The number of nitrogens with zero attached hydrogens (tertiary/aromatic N) is 2. The number of rotatable bonds is 4. The van der Waals surface area contributed by atoms with E-state index in [-0.39, 0.29) is 18.4 Å². The molecule has 0 spiro atoms. The first kappa shape index (κ1) is 17.2. The number of hydrogen-bond acceptors (Lipinski definition) is 4. The minimum Gasteiger partial charge on any atom is -0.345 e. The molecule has 1 fully saturated rings. The fourth-order valence-electron chi connectivity index (χ4n) is 3.04. The highest BCUT2D eigenvalue weighted by Crippen LogP contribution is 2.30. The summed E-state index contributed by atoms with van der Waals surface area (Å²) >= 11 is 0. The predicted octanol–water partition coefficient (Wildman–Crippen LogP) is 1.88. The van der Waals surface area contributed by atoms with Crippen LogP contribution in [0.15, 0.2) is 29.4 Å². The SMILES string of the molecule is Cl.NCCC1CCCCN1S(=O)(=O)c1c[nH]c2ncccc12. The molecule has 122 valence electrons. The van der Waals surface area contributed by atoms with Crippen LogP contribution in [0, 0.1) is 0 Å². The van der Waals surface area contributed by atoms with Gasteiger partial charge in [-0.05, 0) is 37.9 Å². The van der Waals surface area contributed by atoms with Gasteiger partial charge in [0, 0.05) is 30.4 Å². The second-order valence-electron chi connectivity index (χ2n) is 5.40. The molecule has 3 N–H and O–H groups in total. The first-order valence-electron chi connectivity index (χ1n) is 7.28. The monoisotopic (exact) mass is 344 g/mol. The van der Waals surface area contributed by atoms with Gasteiger partial charge in [-0.3, -0.25) is 0 Å². The summed E-state index contributed by atoms with van der Waals surface area (Å²) in [5.74, 6) is 0. The third-order valence-electron chi connectivity index (χ3n) is 4.07. The van der Waals surface area contributed by atoms with Crippen molar-refractivity contribution in [2.24, 2.45) is 5.73 Å². The average Bonchev–Trinajstić information content (AvgIpc) is 2.93. The van der Waals surface area contributed by atoms with E-state index in [0.29, 0.717) is 35.4 Å². The standard InChI is InChI=1S/C14H20N4O2S.ClH/c15-7-6-11-4-1-2-9-18(11)21(19,20)13-10-17-14-12(13)5-3-8-16-14;/h3,5,8,10-11H,1-2,4,6-7,9,15H2,(H,16,17);1H. The zero-order valence-corrected chi connectivity index (χ0v) is 13.9. The van der Waals surface area contributed by atoms with Gasteiger partial charge in [-0.25, -0.2) is 13.4 Å². The zero-order valence-electron chi connectivity index (χ0n) is 12.2. The van der Waals surface area contributed by atoms with Crippen LogP contribution in [0.5, 0.6) is 0 Å². The van der Waals surface area contributed by atoms with Gasteiger partial charge in [-0.2, -0.15) is 4.31 Å². The number of hydrogen-bond donors (Lipinski definition) is 2. The number of piperidine rings is 1. The number of nitrogens with one attached hydrogen (secondary N) is 1. The molecular formula is C14H21ClN4O2S. The molecule has 0 aromatic carbocycles. The Kier molecular flexibility index (Phi) is 5.44. The molecule has 22 heavy (non-hydrogen) atoms. The number of aromatic nitrogens is 2. The zero-order chi connectivity index (χ0) is 14.9. The Morgan fingerprint density at radius 2 is 2.23 bits per heavy atom. The fourth-order valence-corrected chi connectivity index (χ4v) is 4.92. The molecule has 1 aliphatic heterocycles. The van der Waals surface area contributed by atoms with Crippen molar-refractivity contribution in [3.63, 3.8) is 0 Å². The number of halogens is 1. The molecule has 2 aromatic rings. The van der Waals surface area contributed by atoms with Crippen molar-refractivity contribution < 1.29 is 8.42 Å². The lowest BCUT2D eigenvalue weighted by atomic mass is 10.0. The maximum atomic E-state index is 13.0. The Labute approximate surface area is 136 Å². The molecule has 0 amide bonds. The molecule has 1 unspecified atom stereocenters. The Balaban J connectivity index is 0.00000176. The van der Waals surface area contributed by atoms with Crippen LogP contribution < -0.4 is 5.73 Å². The summed E-state index contributed by atoms with van der Waals surface area (Å²) in [5, 5.41) is 0.648. The van der Waals surface area contributed by atoms with E-state index in [0.717, 1.165) is 19.3 Å². The highest BCUT2D eigenvalue weighted by atomic mass is 35.5. The van der Waals surface area contributed by atoms with Crippen LogP contribution >= 0.6 is 12.4 Å². The van der Waals surface area contributed by atoms with Crippen LogP contribution in [0.25, 0.3) is 11.0 Å². The van der Waals surface area contributed by atoms with E-state index >= 15 is 0 Å². The van der Waals surface area contributed by atoms with Crippen LogP contribution in [0.2, 0.25) is 0 Å². The Hall–Kier alpha value is -1.15. The summed E-state index contributed by atoms with van der Waals surface area (Å²) in [6.45, 7) is 1.08. The lowest BCUT2D eigenvalue weighted by Crippen LogP contribution is -2.44. The molecule has 3 rings (SSSR count). The molecule has 2 aromatic heterocycles. The van der Waals surface area contributed by atoms with Crippen LogP contribution in [0.1, 0.15) is 25.7 Å². The topological polar surface area (TPSA) is 92.1 Å². The van der Waals surface area contributed by atoms with Crippen molar-refractivity contribution in [3.8, 4) is 0 Å².